The van der Waals surface area contributed by atoms with E-state index < -0.39 is 0 Å². The molecule has 0 spiro atoms. The number of nitrogens with one attached hydrogen (secondary N) is 1. The van der Waals surface area contributed by atoms with Crippen molar-refractivity contribution in [3.63, 3.8) is 0 Å². The van der Waals surface area contributed by atoms with Crippen LogP contribution in [0.5, 0.6) is 0 Å². The number of aryl methyl sites for hydroxylation is 1. The standard InChI is InChI=1S/C13H19NO/c1-10-6-3-4-7-11(10)14-13(2)9-5-8-12(13)15/h3-4,6-7,12,14-15H,5,8-9H2,1-2H3. The zero-order chi connectivity index (χ0) is 10.9. The number of benzene rings is 1. The molecule has 0 heterocycles. The van der Waals surface area contributed by atoms with Crippen LogP contribution in [0.1, 0.15) is 31.7 Å². The molecule has 0 aromatic heterocycles. The van der Waals surface area contributed by atoms with Crippen LogP contribution in [0.15, 0.2) is 24.3 Å². The molecule has 1 aliphatic rings. The molecule has 1 fully saturated rings. The molecule has 2 atom stereocenters. The predicted octanol–water partition coefficient (Wildman–Crippen LogP) is 2.71. The lowest BCUT2D eigenvalue weighted by Crippen LogP contribution is -2.42. The van der Waals surface area contributed by atoms with Gasteiger partial charge in [-0.3, -0.25) is 0 Å². The second-order valence-corrected chi connectivity index (χ2v) is 4.77. The third kappa shape index (κ3) is 2.00. The molecule has 2 rings (SSSR count). The zero-order valence-electron chi connectivity index (χ0n) is 9.46. The lowest BCUT2D eigenvalue weighted by molar-refractivity contribution is 0.131. The smallest absolute Gasteiger partial charge is 0.0767 e. The summed E-state index contributed by atoms with van der Waals surface area (Å²) >= 11 is 0. The summed E-state index contributed by atoms with van der Waals surface area (Å²) in [6, 6.07) is 8.23. The lowest BCUT2D eigenvalue weighted by Gasteiger charge is -2.31. The highest BCUT2D eigenvalue weighted by atomic mass is 16.3. The molecule has 2 unspecified atom stereocenters. The van der Waals surface area contributed by atoms with Crippen molar-refractivity contribution in [3.05, 3.63) is 29.8 Å². The van der Waals surface area contributed by atoms with Crippen molar-refractivity contribution in [1.29, 1.82) is 0 Å². The van der Waals surface area contributed by atoms with Gasteiger partial charge in [0.15, 0.2) is 0 Å². The quantitative estimate of drug-likeness (QED) is 0.778. The first kappa shape index (κ1) is 10.5. The van der Waals surface area contributed by atoms with Crippen LogP contribution in [0.3, 0.4) is 0 Å². The Kier molecular flexibility index (Phi) is 2.70. The Morgan fingerprint density at radius 1 is 1.40 bits per heavy atom. The normalized spacial score (nSPS) is 30.5. The Bertz CT molecular complexity index is 350. The first-order valence-electron chi connectivity index (χ1n) is 5.64. The fourth-order valence-electron chi connectivity index (χ4n) is 2.31. The number of aliphatic hydroxyl groups excluding tert-OH is 1. The fourth-order valence-corrected chi connectivity index (χ4v) is 2.31. The molecule has 1 aliphatic carbocycles. The highest BCUT2D eigenvalue weighted by molar-refractivity contribution is 5.52. The molecular formula is C13H19NO. The van der Waals surface area contributed by atoms with Crippen LogP contribution >= 0.6 is 0 Å². The van der Waals surface area contributed by atoms with Gasteiger partial charge in [-0.25, -0.2) is 0 Å². The average Bonchev–Trinajstić information content (AvgIpc) is 2.51. The van der Waals surface area contributed by atoms with E-state index in [9.17, 15) is 5.11 Å². The maximum atomic E-state index is 9.94. The maximum Gasteiger partial charge on any atom is 0.0767 e. The Labute approximate surface area is 91.3 Å². The van der Waals surface area contributed by atoms with Crippen LogP contribution in [0.4, 0.5) is 5.69 Å². The van der Waals surface area contributed by atoms with E-state index in [0.717, 1.165) is 24.9 Å². The molecule has 0 amide bonds. The minimum Gasteiger partial charge on any atom is -0.391 e. The SMILES string of the molecule is Cc1ccccc1NC1(C)CCCC1O. The molecule has 0 bridgehead atoms. The van der Waals surface area contributed by atoms with Crippen molar-refractivity contribution >= 4 is 5.69 Å². The molecule has 1 aromatic carbocycles. The second-order valence-electron chi connectivity index (χ2n) is 4.77. The Hall–Kier alpha value is -1.02. The third-order valence-corrected chi connectivity index (χ3v) is 3.47. The molecule has 2 nitrogen and oxygen atoms in total. The predicted molar refractivity (Wildman–Crippen MR) is 63.1 cm³/mol. The van der Waals surface area contributed by atoms with Crippen molar-refractivity contribution in [2.45, 2.75) is 44.8 Å². The average molecular weight is 205 g/mol. The Balaban J connectivity index is 2.18. The maximum absolute atomic E-state index is 9.94. The summed E-state index contributed by atoms with van der Waals surface area (Å²) in [6.45, 7) is 4.20. The summed E-state index contributed by atoms with van der Waals surface area (Å²) in [5.74, 6) is 0. The summed E-state index contributed by atoms with van der Waals surface area (Å²) in [5.41, 5.74) is 2.23. The molecule has 0 saturated heterocycles. The summed E-state index contributed by atoms with van der Waals surface area (Å²) < 4.78 is 0. The second kappa shape index (κ2) is 3.86. The largest absolute Gasteiger partial charge is 0.391 e. The van der Waals surface area contributed by atoms with Crippen molar-refractivity contribution in [1.82, 2.24) is 0 Å². The lowest BCUT2D eigenvalue weighted by atomic mass is 9.97. The van der Waals surface area contributed by atoms with Gasteiger partial charge in [-0.15, -0.1) is 0 Å². The van der Waals surface area contributed by atoms with Crippen LogP contribution in [0.25, 0.3) is 0 Å². The number of anilines is 1. The fraction of sp³-hybridized carbons (Fsp3) is 0.538. The van der Waals surface area contributed by atoms with Gasteiger partial charge >= 0.3 is 0 Å². The molecule has 2 heteroatoms. The first-order chi connectivity index (χ1) is 7.12. The van der Waals surface area contributed by atoms with Crippen LogP contribution in [-0.4, -0.2) is 16.7 Å². The van der Waals surface area contributed by atoms with Crippen molar-refractivity contribution in [3.8, 4) is 0 Å². The zero-order valence-corrected chi connectivity index (χ0v) is 9.46. The molecule has 0 radical (unpaired) electrons. The van der Waals surface area contributed by atoms with Gasteiger partial charge in [0.25, 0.3) is 0 Å². The van der Waals surface area contributed by atoms with Gasteiger partial charge in [0.05, 0.1) is 11.6 Å². The van der Waals surface area contributed by atoms with Gasteiger partial charge in [-0.05, 0) is 44.7 Å². The van der Waals surface area contributed by atoms with E-state index >= 15 is 0 Å². The van der Waals surface area contributed by atoms with E-state index in [1.807, 2.05) is 12.1 Å². The highest BCUT2D eigenvalue weighted by Crippen LogP contribution is 2.33. The molecule has 2 N–H and O–H groups in total. The third-order valence-electron chi connectivity index (χ3n) is 3.47. The Morgan fingerprint density at radius 2 is 2.13 bits per heavy atom. The van der Waals surface area contributed by atoms with Crippen molar-refractivity contribution in [2.75, 3.05) is 5.32 Å². The van der Waals surface area contributed by atoms with Crippen molar-refractivity contribution in [2.24, 2.45) is 0 Å². The van der Waals surface area contributed by atoms with Crippen LogP contribution in [-0.2, 0) is 0 Å². The number of rotatable bonds is 2. The molecule has 0 aliphatic heterocycles. The first-order valence-corrected chi connectivity index (χ1v) is 5.64. The number of hydrogen-bond acceptors (Lipinski definition) is 2. The van der Waals surface area contributed by atoms with Crippen LogP contribution in [0.2, 0.25) is 0 Å². The van der Waals surface area contributed by atoms with E-state index in [2.05, 4.69) is 31.3 Å². The number of aliphatic hydroxyl groups is 1. The van der Waals surface area contributed by atoms with Crippen LogP contribution < -0.4 is 5.32 Å². The molecule has 1 aromatic rings. The van der Waals surface area contributed by atoms with Crippen LogP contribution in [0, 0.1) is 6.92 Å². The molecular weight excluding hydrogens is 186 g/mol. The summed E-state index contributed by atoms with van der Waals surface area (Å²) in [7, 11) is 0. The van der Waals surface area contributed by atoms with Crippen molar-refractivity contribution < 1.29 is 5.11 Å². The minimum atomic E-state index is -0.225. The van der Waals surface area contributed by atoms with Gasteiger partial charge in [-0.2, -0.15) is 0 Å². The molecule has 15 heavy (non-hydrogen) atoms. The topological polar surface area (TPSA) is 32.3 Å². The van der Waals surface area contributed by atoms with E-state index in [1.165, 1.54) is 5.56 Å². The highest BCUT2D eigenvalue weighted by Gasteiger charge is 2.37. The number of hydrogen-bond donors (Lipinski definition) is 2. The van der Waals surface area contributed by atoms with E-state index in [1.54, 1.807) is 0 Å². The molecule has 1 saturated carbocycles. The Morgan fingerprint density at radius 3 is 2.73 bits per heavy atom. The number of para-hydroxylation sites is 1. The van der Waals surface area contributed by atoms with E-state index in [0.29, 0.717) is 0 Å². The monoisotopic (exact) mass is 205 g/mol. The van der Waals surface area contributed by atoms with Gasteiger partial charge in [-0.1, -0.05) is 18.2 Å². The van der Waals surface area contributed by atoms with Gasteiger partial charge < -0.3 is 10.4 Å². The molecule has 82 valence electrons. The van der Waals surface area contributed by atoms with E-state index in [4.69, 9.17) is 0 Å². The summed E-state index contributed by atoms with van der Waals surface area (Å²) in [5, 5.41) is 13.4. The minimum absolute atomic E-state index is 0.147. The van der Waals surface area contributed by atoms with Gasteiger partial charge in [0.2, 0.25) is 0 Å². The van der Waals surface area contributed by atoms with E-state index in [-0.39, 0.29) is 11.6 Å². The summed E-state index contributed by atoms with van der Waals surface area (Å²) in [4.78, 5) is 0. The summed E-state index contributed by atoms with van der Waals surface area (Å²) in [6.07, 6.45) is 2.84. The van der Waals surface area contributed by atoms with Gasteiger partial charge in [0.1, 0.15) is 0 Å². The van der Waals surface area contributed by atoms with Gasteiger partial charge in [0, 0.05) is 5.69 Å².